The fourth-order valence-corrected chi connectivity index (χ4v) is 2.32. The zero-order valence-electron chi connectivity index (χ0n) is 9.44. The molecule has 2 aromatic rings. The number of hydrogen-bond acceptors (Lipinski definition) is 4. The van der Waals surface area contributed by atoms with E-state index in [1.54, 1.807) is 25.1 Å². The van der Waals surface area contributed by atoms with Gasteiger partial charge in [0, 0.05) is 15.1 Å². The van der Waals surface area contributed by atoms with Crippen LogP contribution in [0.1, 0.15) is 17.4 Å². The number of oxazole rings is 1. The Morgan fingerprint density at radius 1 is 1.56 bits per heavy atom. The first-order valence-electron chi connectivity index (χ1n) is 5.19. The topological polar surface area (TPSA) is 52.3 Å². The smallest absolute Gasteiger partial charge is 0.360 e. The van der Waals surface area contributed by atoms with Crippen LogP contribution in [0.4, 0.5) is 0 Å². The Morgan fingerprint density at radius 3 is 3.00 bits per heavy atom. The van der Waals surface area contributed by atoms with Gasteiger partial charge in [0.1, 0.15) is 0 Å². The molecule has 94 valence electrons. The SMILES string of the molecule is CCOC(=O)c1ncoc1-c1ccc(Cl)cc1Br. The maximum absolute atomic E-state index is 11.7. The lowest BCUT2D eigenvalue weighted by Crippen LogP contribution is -2.06. The Balaban J connectivity index is 2.45. The van der Waals surface area contributed by atoms with Crippen molar-refractivity contribution in [1.82, 2.24) is 4.98 Å². The summed E-state index contributed by atoms with van der Waals surface area (Å²) in [6.07, 6.45) is 1.21. The molecule has 6 heteroatoms. The average Bonchev–Trinajstić information content (AvgIpc) is 2.78. The molecular formula is C12H9BrClNO3. The molecule has 0 radical (unpaired) electrons. The Hall–Kier alpha value is -1.33. The standard InChI is InChI=1S/C12H9BrClNO3/c1-2-17-12(16)10-11(18-6-15-10)8-4-3-7(14)5-9(8)13/h3-6H,2H2,1H3. The monoisotopic (exact) mass is 329 g/mol. The molecule has 1 aromatic heterocycles. The zero-order valence-corrected chi connectivity index (χ0v) is 11.8. The molecule has 1 heterocycles. The van der Waals surface area contributed by atoms with E-state index in [4.69, 9.17) is 20.8 Å². The highest BCUT2D eigenvalue weighted by Crippen LogP contribution is 2.32. The van der Waals surface area contributed by atoms with Crippen LogP contribution in [-0.2, 0) is 4.74 Å². The second-order valence-corrected chi connectivity index (χ2v) is 4.67. The van der Waals surface area contributed by atoms with E-state index < -0.39 is 5.97 Å². The van der Waals surface area contributed by atoms with E-state index in [-0.39, 0.29) is 12.3 Å². The highest BCUT2D eigenvalue weighted by molar-refractivity contribution is 9.10. The maximum Gasteiger partial charge on any atom is 0.360 e. The predicted molar refractivity (Wildman–Crippen MR) is 70.6 cm³/mol. The average molecular weight is 331 g/mol. The minimum atomic E-state index is -0.511. The van der Waals surface area contributed by atoms with Crippen molar-refractivity contribution in [2.24, 2.45) is 0 Å². The highest BCUT2D eigenvalue weighted by Gasteiger charge is 2.20. The van der Waals surface area contributed by atoms with Crippen molar-refractivity contribution < 1.29 is 13.9 Å². The highest BCUT2D eigenvalue weighted by atomic mass is 79.9. The summed E-state index contributed by atoms with van der Waals surface area (Å²) in [4.78, 5) is 15.6. The summed E-state index contributed by atoms with van der Waals surface area (Å²) in [5.74, 6) is -0.153. The van der Waals surface area contributed by atoms with E-state index in [0.29, 0.717) is 16.3 Å². The molecule has 0 spiro atoms. The van der Waals surface area contributed by atoms with Crippen LogP contribution >= 0.6 is 27.5 Å². The van der Waals surface area contributed by atoms with Gasteiger partial charge in [0.15, 0.2) is 17.8 Å². The van der Waals surface area contributed by atoms with Gasteiger partial charge >= 0.3 is 5.97 Å². The van der Waals surface area contributed by atoms with Crippen LogP contribution in [0.15, 0.2) is 33.5 Å². The number of carbonyl (C=O) groups excluding carboxylic acids is 1. The second kappa shape index (κ2) is 5.54. The number of rotatable bonds is 3. The Morgan fingerprint density at radius 2 is 2.33 bits per heavy atom. The van der Waals surface area contributed by atoms with E-state index in [1.165, 1.54) is 6.39 Å². The number of carbonyl (C=O) groups is 1. The molecule has 4 nitrogen and oxygen atoms in total. The summed E-state index contributed by atoms with van der Waals surface area (Å²) in [5, 5.41) is 0.586. The van der Waals surface area contributed by atoms with Crippen LogP contribution in [0, 0.1) is 0 Å². The Bertz CT molecular complexity index is 582. The summed E-state index contributed by atoms with van der Waals surface area (Å²) in [7, 11) is 0. The Labute approximate surface area is 117 Å². The minimum absolute atomic E-state index is 0.153. The van der Waals surface area contributed by atoms with Crippen molar-refractivity contribution in [3.05, 3.63) is 39.8 Å². The first-order valence-corrected chi connectivity index (χ1v) is 6.36. The number of hydrogen-bond donors (Lipinski definition) is 0. The fourth-order valence-electron chi connectivity index (χ4n) is 1.46. The van der Waals surface area contributed by atoms with Gasteiger partial charge in [0.2, 0.25) is 0 Å². The first-order chi connectivity index (χ1) is 8.63. The fraction of sp³-hybridized carbons (Fsp3) is 0.167. The van der Waals surface area contributed by atoms with Crippen LogP contribution in [0.2, 0.25) is 5.02 Å². The van der Waals surface area contributed by atoms with E-state index in [1.807, 2.05) is 0 Å². The predicted octanol–water partition coefficient (Wildman–Crippen LogP) is 3.93. The largest absolute Gasteiger partial charge is 0.461 e. The lowest BCUT2D eigenvalue weighted by atomic mass is 10.1. The van der Waals surface area contributed by atoms with Crippen molar-refractivity contribution in [3.8, 4) is 11.3 Å². The molecule has 2 rings (SSSR count). The number of aromatic nitrogens is 1. The molecule has 18 heavy (non-hydrogen) atoms. The van der Waals surface area contributed by atoms with Gasteiger partial charge in [-0.2, -0.15) is 0 Å². The molecule has 0 bridgehead atoms. The molecule has 0 saturated carbocycles. The first kappa shape index (κ1) is 13.1. The second-order valence-electron chi connectivity index (χ2n) is 3.37. The van der Waals surface area contributed by atoms with Gasteiger partial charge in [-0.25, -0.2) is 9.78 Å². The quantitative estimate of drug-likeness (QED) is 0.800. The van der Waals surface area contributed by atoms with Crippen LogP contribution in [-0.4, -0.2) is 17.6 Å². The van der Waals surface area contributed by atoms with Crippen LogP contribution in [0.25, 0.3) is 11.3 Å². The lowest BCUT2D eigenvalue weighted by molar-refractivity contribution is 0.0520. The van der Waals surface area contributed by atoms with Gasteiger partial charge in [-0.15, -0.1) is 0 Å². The molecule has 0 fully saturated rings. The van der Waals surface area contributed by atoms with Crippen LogP contribution in [0.5, 0.6) is 0 Å². The van der Waals surface area contributed by atoms with Crippen LogP contribution in [0.3, 0.4) is 0 Å². The van der Waals surface area contributed by atoms with Crippen molar-refractivity contribution >= 4 is 33.5 Å². The number of ether oxygens (including phenoxy) is 1. The summed E-state index contributed by atoms with van der Waals surface area (Å²) in [6, 6.07) is 5.17. The third-order valence-electron chi connectivity index (χ3n) is 2.21. The number of benzene rings is 1. The zero-order chi connectivity index (χ0) is 13.1. The third kappa shape index (κ3) is 2.57. The summed E-state index contributed by atoms with van der Waals surface area (Å²) in [6.45, 7) is 2.02. The van der Waals surface area contributed by atoms with E-state index in [9.17, 15) is 4.79 Å². The van der Waals surface area contributed by atoms with Crippen LogP contribution < -0.4 is 0 Å². The van der Waals surface area contributed by atoms with Crippen molar-refractivity contribution in [3.63, 3.8) is 0 Å². The van der Waals surface area contributed by atoms with E-state index in [0.717, 1.165) is 4.47 Å². The molecule has 0 aliphatic rings. The number of esters is 1. The molecular weight excluding hydrogens is 321 g/mol. The summed E-state index contributed by atoms with van der Waals surface area (Å²) in [5.41, 5.74) is 0.847. The van der Waals surface area contributed by atoms with E-state index in [2.05, 4.69) is 20.9 Å². The van der Waals surface area contributed by atoms with Gasteiger partial charge in [-0.05, 0) is 41.1 Å². The maximum atomic E-state index is 11.7. The van der Waals surface area contributed by atoms with Gasteiger partial charge in [-0.1, -0.05) is 11.6 Å². The summed E-state index contributed by atoms with van der Waals surface area (Å²) < 4.78 is 10.9. The summed E-state index contributed by atoms with van der Waals surface area (Å²) >= 11 is 9.23. The molecule has 0 unspecified atom stereocenters. The molecule has 0 atom stereocenters. The van der Waals surface area contributed by atoms with Gasteiger partial charge in [0.05, 0.1) is 6.61 Å². The van der Waals surface area contributed by atoms with Crippen molar-refractivity contribution in [1.29, 1.82) is 0 Å². The number of halogens is 2. The van der Waals surface area contributed by atoms with Crippen molar-refractivity contribution in [2.45, 2.75) is 6.92 Å². The van der Waals surface area contributed by atoms with Gasteiger partial charge < -0.3 is 9.15 Å². The van der Waals surface area contributed by atoms with Gasteiger partial charge in [0.25, 0.3) is 0 Å². The Kier molecular flexibility index (Phi) is 4.04. The van der Waals surface area contributed by atoms with Crippen molar-refractivity contribution in [2.75, 3.05) is 6.61 Å². The minimum Gasteiger partial charge on any atom is -0.461 e. The molecule has 0 saturated heterocycles. The van der Waals surface area contributed by atoms with E-state index >= 15 is 0 Å². The number of nitrogens with zero attached hydrogens (tertiary/aromatic N) is 1. The third-order valence-corrected chi connectivity index (χ3v) is 3.10. The molecule has 0 amide bonds. The molecule has 1 aromatic carbocycles. The van der Waals surface area contributed by atoms with Gasteiger partial charge in [-0.3, -0.25) is 0 Å². The molecule has 0 aliphatic carbocycles. The molecule has 0 aliphatic heterocycles. The normalized spacial score (nSPS) is 10.4. The lowest BCUT2D eigenvalue weighted by Gasteiger charge is -2.04. The molecule has 0 N–H and O–H groups in total.